The number of anilines is 1. The van der Waals surface area contributed by atoms with Crippen LogP contribution in [0.3, 0.4) is 0 Å². The first-order valence-corrected chi connectivity index (χ1v) is 9.25. The van der Waals surface area contributed by atoms with Gasteiger partial charge in [-0.25, -0.2) is 0 Å². The predicted octanol–water partition coefficient (Wildman–Crippen LogP) is 4.19. The molecule has 1 aliphatic carbocycles. The molecule has 132 valence electrons. The normalized spacial score (nSPS) is 29.3. The van der Waals surface area contributed by atoms with Crippen molar-refractivity contribution in [2.45, 2.75) is 59.4 Å². The third-order valence-electron chi connectivity index (χ3n) is 6.04. The second-order valence-electron chi connectivity index (χ2n) is 9.26. The van der Waals surface area contributed by atoms with Gasteiger partial charge in [-0.1, -0.05) is 52.8 Å². The van der Waals surface area contributed by atoms with Crippen LogP contribution >= 0.6 is 0 Å². The molecule has 1 N–H and O–H groups in total. The molecular weight excluding hydrogens is 296 g/mol. The maximum Gasteiger partial charge on any atom is 0.229 e. The maximum absolute atomic E-state index is 13.0. The first kappa shape index (κ1) is 17.5. The van der Waals surface area contributed by atoms with Gasteiger partial charge in [0.1, 0.15) is 0 Å². The Balaban J connectivity index is 1.69. The molecule has 1 heterocycles. The number of nitrogens with one attached hydrogen (secondary N) is 1. The molecule has 0 bridgehead atoms. The summed E-state index contributed by atoms with van der Waals surface area (Å²) in [5.74, 6) is 0.890. The summed E-state index contributed by atoms with van der Waals surface area (Å²) in [6.45, 7) is 12.3. The van der Waals surface area contributed by atoms with Crippen LogP contribution in [0.25, 0.3) is 0 Å². The van der Waals surface area contributed by atoms with E-state index in [-0.39, 0.29) is 17.2 Å². The van der Waals surface area contributed by atoms with Gasteiger partial charge in [-0.15, -0.1) is 0 Å². The predicted molar refractivity (Wildman–Crippen MR) is 100 cm³/mol. The Morgan fingerprint density at radius 1 is 1.25 bits per heavy atom. The fourth-order valence-corrected chi connectivity index (χ4v) is 4.87. The first-order valence-electron chi connectivity index (χ1n) is 9.25. The van der Waals surface area contributed by atoms with E-state index in [0.717, 1.165) is 25.1 Å². The molecule has 0 radical (unpaired) electrons. The van der Waals surface area contributed by atoms with E-state index < -0.39 is 0 Å². The molecule has 1 atom stereocenters. The highest BCUT2D eigenvalue weighted by molar-refractivity contribution is 5.96. The van der Waals surface area contributed by atoms with Crippen LogP contribution in [0.4, 0.5) is 5.69 Å². The highest BCUT2D eigenvalue weighted by atomic mass is 16.2. The third kappa shape index (κ3) is 2.77. The van der Waals surface area contributed by atoms with Gasteiger partial charge in [0.25, 0.3) is 0 Å². The zero-order valence-electron chi connectivity index (χ0n) is 16.0. The monoisotopic (exact) mass is 328 g/mol. The van der Waals surface area contributed by atoms with Gasteiger partial charge in [0.2, 0.25) is 5.91 Å². The van der Waals surface area contributed by atoms with E-state index in [2.05, 4.69) is 58.1 Å². The first-order chi connectivity index (χ1) is 11.2. The Hall–Kier alpha value is -1.35. The number of nitrogens with zero attached hydrogens (tertiary/aromatic N) is 1. The van der Waals surface area contributed by atoms with Crippen LogP contribution in [0.15, 0.2) is 24.3 Å². The van der Waals surface area contributed by atoms with Crippen LogP contribution in [0.2, 0.25) is 0 Å². The van der Waals surface area contributed by atoms with E-state index in [1.807, 2.05) is 18.0 Å². The molecule has 1 spiro atoms. The molecule has 1 saturated heterocycles. The molecule has 1 aromatic carbocycles. The van der Waals surface area contributed by atoms with E-state index >= 15 is 0 Å². The van der Waals surface area contributed by atoms with Gasteiger partial charge in [0, 0.05) is 36.7 Å². The highest BCUT2D eigenvalue weighted by Gasteiger charge is 2.60. The Kier molecular flexibility index (Phi) is 4.28. The maximum atomic E-state index is 13.0. The van der Waals surface area contributed by atoms with Crippen LogP contribution < -0.4 is 10.2 Å². The topological polar surface area (TPSA) is 32.3 Å². The Bertz CT molecular complexity index is 623. The van der Waals surface area contributed by atoms with Crippen molar-refractivity contribution in [3.8, 4) is 0 Å². The average molecular weight is 329 g/mol. The third-order valence-corrected chi connectivity index (χ3v) is 6.04. The van der Waals surface area contributed by atoms with Crippen molar-refractivity contribution in [2.24, 2.45) is 16.7 Å². The zero-order chi connectivity index (χ0) is 17.7. The van der Waals surface area contributed by atoms with E-state index in [1.165, 1.54) is 5.56 Å². The van der Waals surface area contributed by atoms with Crippen molar-refractivity contribution in [3.63, 3.8) is 0 Å². The van der Waals surface area contributed by atoms with Gasteiger partial charge in [0.15, 0.2) is 0 Å². The number of para-hydroxylation sites is 1. The number of amides is 1. The summed E-state index contributed by atoms with van der Waals surface area (Å²) >= 11 is 0. The minimum Gasteiger partial charge on any atom is -0.315 e. The summed E-state index contributed by atoms with van der Waals surface area (Å²) < 4.78 is 0. The molecule has 1 saturated carbocycles. The summed E-state index contributed by atoms with van der Waals surface area (Å²) in [6.07, 6.45) is 2.07. The van der Waals surface area contributed by atoms with Crippen LogP contribution in [0.5, 0.6) is 0 Å². The van der Waals surface area contributed by atoms with Crippen LogP contribution in [0.1, 0.15) is 58.9 Å². The summed E-state index contributed by atoms with van der Waals surface area (Å²) in [5, 5.41) is 3.60. The van der Waals surface area contributed by atoms with E-state index in [9.17, 15) is 4.79 Å². The molecule has 3 nitrogen and oxygen atoms in total. The van der Waals surface area contributed by atoms with Crippen molar-refractivity contribution in [1.82, 2.24) is 5.32 Å². The Morgan fingerprint density at radius 3 is 2.38 bits per heavy atom. The average Bonchev–Trinajstić information content (AvgIpc) is 2.42. The Morgan fingerprint density at radius 2 is 1.88 bits per heavy atom. The summed E-state index contributed by atoms with van der Waals surface area (Å²) in [7, 11) is 1.94. The highest BCUT2D eigenvalue weighted by Crippen LogP contribution is 2.56. The lowest BCUT2D eigenvalue weighted by Gasteiger charge is -2.63. The zero-order valence-corrected chi connectivity index (χ0v) is 16.0. The fraction of sp³-hybridized carbons (Fsp3) is 0.667. The summed E-state index contributed by atoms with van der Waals surface area (Å²) in [6, 6.07) is 8.84. The van der Waals surface area contributed by atoms with Gasteiger partial charge in [-0.05, 0) is 35.8 Å². The SMILES string of the molecule is CC(C)c1ccccc1N(C)C(=O)C1CC2(CNC2C(C)(C)C)C1. The number of rotatable bonds is 3. The van der Waals surface area contributed by atoms with E-state index in [0.29, 0.717) is 17.4 Å². The fourth-order valence-electron chi connectivity index (χ4n) is 4.87. The largest absolute Gasteiger partial charge is 0.315 e. The number of hydrogen-bond donors (Lipinski definition) is 1. The molecular formula is C21H32N2O. The van der Waals surface area contributed by atoms with Crippen LogP contribution in [-0.4, -0.2) is 25.5 Å². The smallest absolute Gasteiger partial charge is 0.229 e. The van der Waals surface area contributed by atoms with Crippen LogP contribution in [-0.2, 0) is 4.79 Å². The number of carbonyl (C=O) groups excluding carboxylic acids is 1. The molecule has 3 heteroatoms. The van der Waals surface area contributed by atoms with Gasteiger partial charge in [-0.3, -0.25) is 4.79 Å². The lowest BCUT2D eigenvalue weighted by Crippen LogP contribution is -2.72. The molecule has 1 unspecified atom stereocenters. The molecule has 0 aromatic heterocycles. The van der Waals surface area contributed by atoms with Gasteiger partial charge in [0.05, 0.1) is 0 Å². The Labute approximate surface area is 146 Å². The standard InChI is InChI=1S/C21H32N2O/c1-14(2)16-9-7-8-10-17(16)23(6)18(24)15-11-21(12-15)13-22-19(21)20(3,4)5/h7-10,14-15,19,22H,11-13H2,1-6H3. The number of hydrogen-bond acceptors (Lipinski definition) is 2. The van der Waals surface area contributed by atoms with E-state index in [4.69, 9.17) is 0 Å². The van der Waals surface area contributed by atoms with Crippen molar-refractivity contribution >= 4 is 11.6 Å². The minimum absolute atomic E-state index is 0.183. The van der Waals surface area contributed by atoms with Crippen molar-refractivity contribution < 1.29 is 4.79 Å². The van der Waals surface area contributed by atoms with Crippen molar-refractivity contribution in [3.05, 3.63) is 29.8 Å². The van der Waals surface area contributed by atoms with Gasteiger partial charge < -0.3 is 10.2 Å². The minimum atomic E-state index is 0.183. The number of carbonyl (C=O) groups is 1. The molecule has 24 heavy (non-hydrogen) atoms. The molecule has 1 aromatic rings. The summed E-state index contributed by atoms with van der Waals surface area (Å²) in [5.41, 5.74) is 2.94. The molecule has 1 aliphatic heterocycles. The van der Waals surface area contributed by atoms with Gasteiger partial charge >= 0.3 is 0 Å². The molecule has 3 rings (SSSR count). The van der Waals surface area contributed by atoms with Crippen molar-refractivity contribution in [1.29, 1.82) is 0 Å². The molecule has 2 aliphatic rings. The lowest BCUT2D eigenvalue weighted by atomic mass is 9.49. The second-order valence-corrected chi connectivity index (χ2v) is 9.26. The van der Waals surface area contributed by atoms with E-state index in [1.54, 1.807) is 0 Å². The summed E-state index contributed by atoms with van der Waals surface area (Å²) in [4.78, 5) is 14.9. The van der Waals surface area contributed by atoms with Crippen LogP contribution in [0, 0.1) is 16.7 Å². The number of benzene rings is 1. The van der Waals surface area contributed by atoms with Crippen molar-refractivity contribution in [2.75, 3.05) is 18.5 Å². The molecule has 2 fully saturated rings. The quantitative estimate of drug-likeness (QED) is 0.902. The lowest BCUT2D eigenvalue weighted by molar-refractivity contribution is -0.141. The molecule has 1 amide bonds. The van der Waals surface area contributed by atoms with Gasteiger partial charge in [-0.2, -0.15) is 0 Å². The second kappa shape index (κ2) is 5.87.